The van der Waals surface area contributed by atoms with Crippen molar-refractivity contribution in [2.75, 3.05) is 33.9 Å². The molecule has 0 aromatic heterocycles. The van der Waals surface area contributed by atoms with Crippen molar-refractivity contribution in [1.29, 1.82) is 0 Å². The van der Waals surface area contributed by atoms with Gasteiger partial charge < -0.3 is 20.1 Å². The fourth-order valence-corrected chi connectivity index (χ4v) is 2.46. The van der Waals surface area contributed by atoms with E-state index < -0.39 is 0 Å². The predicted molar refractivity (Wildman–Crippen MR) is 99.3 cm³/mol. The second-order valence-electron chi connectivity index (χ2n) is 5.73. The second-order valence-corrected chi connectivity index (χ2v) is 5.73. The Hall–Kier alpha value is -2.53. The highest BCUT2D eigenvalue weighted by Crippen LogP contribution is 2.12. The van der Waals surface area contributed by atoms with Gasteiger partial charge in [-0.25, -0.2) is 0 Å². The average molecular weight is 342 g/mol. The van der Waals surface area contributed by atoms with Gasteiger partial charge in [0.05, 0.1) is 20.8 Å². The van der Waals surface area contributed by atoms with E-state index in [4.69, 9.17) is 9.47 Å². The minimum Gasteiger partial charge on any atom is -0.497 e. The molecule has 5 heteroatoms. The van der Waals surface area contributed by atoms with Crippen molar-refractivity contribution in [1.82, 2.24) is 10.6 Å². The van der Waals surface area contributed by atoms with Crippen LogP contribution in [-0.2, 0) is 17.6 Å². The molecule has 0 saturated heterocycles. The smallest absolute Gasteiger partial charge is 0.233 e. The summed E-state index contributed by atoms with van der Waals surface area (Å²) in [5.41, 5.74) is 2.36. The number of carbonyl (C=O) groups is 1. The van der Waals surface area contributed by atoms with Gasteiger partial charge in [-0.1, -0.05) is 24.3 Å². The maximum atomic E-state index is 11.8. The Morgan fingerprint density at radius 1 is 0.880 bits per heavy atom. The summed E-state index contributed by atoms with van der Waals surface area (Å²) in [4.78, 5) is 11.8. The zero-order valence-corrected chi connectivity index (χ0v) is 14.9. The third-order valence-electron chi connectivity index (χ3n) is 3.91. The Kier molecular flexibility index (Phi) is 7.79. The van der Waals surface area contributed by atoms with E-state index in [1.54, 1.807) is 14.2 Å². The zero-order valence-electron chi connectivity index (χ0n) is 14.9. The van der Waals surface area contributed by atoms with Crippen LogP contribution >= 0.6 is 0 Å². The van der Waals surface area contributed by atoms with Crippen LogP contribution in [0.25, 0.3) is 0 Å². The van der Waals surface area contributed by atoms with Gasteiger partial charge in [0.1, 0.15) is 11.5 Å². The minimum atomic E-state index is 0.0117. The molecule has 0 heterocycles. The van der Waals surface area contributed by atoms with E-state index in [-0.39, 0.29) is 5.91 Å². The maximum absolute atomic E-state index is 11.8. The molecule has 0 bridgehead atoms. The van der Waals surface area contributed by atoms with E-state index in [0.29, 0.717) is 13.1 Å². The number of hydrogen-bond acceptors (Lipinski definition) is 4. The molecule has 5 nitrogen and oxygen atoms in total. The number of methoxy groups -OCH3 is 2. The van der Waals surface area contributed by atoms with Gasteiger partial charge in [0.15, 0.2) is 0 Å². The first-order chi connectivity index (χ1) is 12.2. The van der Waals surface area contributed by atoms with Gasteiger partial charge in [0, 0.05) is 6.54 Å². The van der Waals surface area contributed by atoms with Gasteiger partial charge in [-0.15, -0.1) is 0 Å². The molecule has 1 amide bonds. The number of carbonyl (C=O) groups excluding carboxylic acids is 1. The van der Waals surface area contributed by atoms with Gasteiger partial charge in [-0.2, -0.15) is 0 Å². The van der Waals surface area contributed by atoms with E-state index in [1.807, 2.05) is 48.5 Å². The maximum Gasteiger partial charge on any atom is 0.233 e. The lowest BCUT2D eigenvalue weighted by atomic mass is 10.1. The lowest BCUT2D eigenvalue weighted by molar-refractivity contribution is -0.120. The number of benzene rings is 2. The van der Waals surface area contributed by atoms with Crippen molar-refractivity contribution < 1.29 is 14.3 Å². The molecule has 25 heavy (non-hydrogen) atoms. The van der Waals surface area contributed by atoms with Crippen molar-refractivity contribution in [3.63, 3.8) is 0 Å². The Balaban J connectivity index is 1.58. The number of hydrogen-bond donors (Lipinski definition) is 2. The summed E-state index contributed by atoms with van der Waals surface area (Å²) in [7, 11) is 3.31. The molecule has 0 aliphatic rings. The van der Waals surface area contributed by atoms with Gasteiger partial charge in [0.2, 0.25) is 5.91 Å². The summed E-state index contributed by atoms with van der Waals surface area (Å²) in [5, 5.41) is 6.09. The molecule has 2 rings (SSSR count). The first kappa shape index (κ1) is 18.8. The van der Waals surface area contributed by atoms with Crippen molar-refractivity contribution in [3.05, 3.63) is 59.7 Å². The van der Waals surface area contributed by atoms with Crippen molar-refractivity contribution in [3.8, 4) is 11.5 Å². The number of nitrogens with one attached hydrogen (secondary N) is 2. The largest absolute Gasteiger partial charge is 0.497 e. The summed E-state index contributed by atoms with van der Waals surface area (Å²) in [6, 6.07) is 15.8. The molecule has 0 aliphatic heterocycles. The standard InChI is InChI=1S/C20H26N2O3/c1-24-18-8-6-16(7-9-18)10-12-21-15-20(23)22-13-11-17-4-3-5-19(14-17)25-2/h3-9,14,21H,10-13,15H2,1-2H3,(H,22,23). The topological polar surface area (TPSA) is 59.6 Å². The van der Waals surface area contributed by atoms with Crippen LogP contribution in [0.4, 0.5) is 0 Å². The van der Waals surface area contributed by atoms with E-state index in [9.17, 15) is 4.79 Å². The molecular weight excluding hydrogens is 316 g/mol. The molecular formula is C20H26N2O3. The van der Waals surface area contributed by atoms with Gasteiger partial charge in [-0.3, -0.25) is 4.79 Å². The molecule has 134 valence electrons. The van der Waals surface area contributed by atoms with Crippen LogP contribution < -0.4 is 20.1 Å². The predicted octanol–water partition coefficient (Wildman–Crippen LogP) is 2.19. The number of amides is 1. The van der Waals surface area contributed by atoms with Crippen molar-refractivity contribution in [2.24, 2.45) is 0 Å². The Labute approximate surface area is 149 Å². The quantitative estimate of drug-likeness (QED) is 0.650. The monoisotopic (exact) mass is 342 g/mol. The molecule has 0 unspecified atom stereocenters. The van der Waals surface area contributed by atoms with Crippen molar-refractivity contribution >= 4 is 5.91 Å². The van der Waals surface area contributed by atoms with Gasteiger partial charge in [0.25, 0.3) is 0 Å². The van der Waals surface area contributed by atoms with E-state index >= 15 is 0 Å². The van der Waals surface area contributed by atoms with E-state index in [2.05, 4.69) is 10.6 Å². The molecule has 0 atom stereocenters. The first-order valence-electron chi connectivity index (χ1n) is 8.44. The minimum absolute atomic E-state index is 0.0117. The molecule has 2 aromatic carbocycles. The number of ether oxygens (including phenoxy) is 2. The van der Waals surface area contributed by atoms with Crippen LogP contribution in [0.15, 0.2) is 48.5 Å². The fraction of sp³-hybridized carbons (Fsp3) is 0.350. The third kappa shape index (κ3) is 6.85. The number of rotatable bonds is 10. The Morgan fingerprint density at radius 2 is 1.60 bits per heavy atom. The van der Waals surface area contributed by atoms with Crippen LogP contribution in [-0.4, -0.2) is 39.8 Å². The molecule has 0 aliphatic carbocycles. The average Bonchev–Trinajstić information content (AvgIpc) is 2.66. The summed E-state index contributed by atoms with van der Waals surface area (Å²) in [6.07, 6.45) is 1.66. The molecule has 0 radical (unpaired) electrons. The SMILES string of the molecule is COc1ccc(CCNCC(=O)NCCc2cccc(OC)c2)cc1. The van der Waals surface area contributed by atoms with Gasteiger partial charge >= 0.3 is 0 Å². The highest BCUT2D eigenvalue weighted by molar-refractivity contribution is 5.77. The van der Waals surface area contributed by atoms with E-state index in [0.717, 1.165) is 36.4 Å². The normalized spacial score (nSPS) is 10.3. The lowest BCUT2D eigenvalue weighted by Gasteiger charge is -2.08. The van der Waals surface area contributed by atoms with Crippen LogP contribution in [0.3, 0.4) is 0 Å². The van der Waals surface area contributed by atoms with Crippen LogP contribution in [0.1, 0.15) is 11.1 Å². The lowest BCUT2D eigenvalue weighted by Crippen LogP contribution is -2.35. The first-order valence-corrected chi connectivity index (χ1v) is 8.44. The summed E-state index contributed by atoms with van der Waals surface area (Å²) in [6.45, 7) is 1.70. The molecule has 2 aromatic rings. The van der Waals surface area contributed by atoms with Crippen LogP contribution in [0.5, 0.6) is 11.5 Å². The Morgan fingerprint density at radius 3 is 2.32 bits per heavy atom. The molecule has 2 N–H and O–H groups in total. The van der Waals surface area contributed by atoms with Crippen LogP contribution in [0, 0.1) is 0 Å². The summed E-state index contributed by atoms with van der Waals surface area (Å²) < 4.78 is 10.3. The third-order valence-corrected chi connectivity index (χ3v) is 3.91. The molecule has 0 saturated carbocycles. The highest BCUT2D eigenvalue weighted by atomic mass is 16.5. The molecule has 0 spiro atoms. The Bertz CT molecular complexity index is 656. The van der Waals surface area contributed by atoms with E-state index in [1.165, 1.54) is 5.56 Å². The van der Waals surface area contributed by atoms with Crippen LogP contribution in [0.2, 0.25) is 0 Å². The second kappa shape index (κ2) is 10.4. The summed E-state index contributed by atoms with van der Waals surface area (Å²) in [5.74, 6) is 1.70. The summed E-state index contributed by atoms with van der Waals surface area (Å²) >= 11 is 0. The molecule has 0 fully saturated rings. The zero-order chi connectivity index (χ0) is 17.9. The van der Waals surface area contributed by atoms with Gasteiger partial charge in [-0.05, 0) is 54.8 Å². The highest BCUT2D eigenvalue weighted by Gasteiger charge is 2.02. The fourth-order valence-electron chi connectivity index (χ4n) is 2.46. The van der Waals surface area contributed by atoms with Crippen molar-refractivity contribution in [2.45, 2.75) is 12.8 Å².